The quantitative estimate of drug-likeness (QED) is 0.219. The van der Waals surface area contributed by atoms with Gasteiger partial charge in [0.2, 0.25) is 0 Å². The van der Waals surface area contributed by atoms with Gasteiger partial charge in [-0.25, -0.2) is 4.79 Å². The topological polar surface area (TPSA) is 49.9 Å². The van der Waals surface area contributed by atoms with E-state index in [9.17, 15) is 9.59 Å². The number of carbonyl (C=O) groups is 2. The van der Waals surface area contributed by atoms with E-state index in [4.69, 9.17) is 4.74 Å². The molecule has 0 spiro atoms. The highest BCUT2D eigenvalue weighted by atomic mass is 32.1. The minimum absolute atomic E-state index is 0.123. The Hall–Kier alpha value is -3.74. The zero-order chi connectivity index (χ0) is 25.6. The van der Waals surface area contributed by atoms with Crippen LogP contribution in [-0.2, 0) is 16.0 Å². The second kappa shape index (κ2) is 11.5. The maximum Gasteiger partial charge on any atom is 0.327 e. The summed E-state index contributed by atoms with van der Waals surface area (Å²) in [6, 6.07) is 27.6. The predicted molar refractivity (Wildman–Crippen MR) is 149 cm³/mol. The molecule has 188 valence electrons. The summed E-state index contributed by atoms with van der Waals surface area (Å²) in [6.07, 6.45) is 0.368. The fourth-order valence-corrected chi connectivity index (χ4v) is 5.64. The number of carbonyl (C=O) groups excluding carboxylic acids is 2. The third kappa shape index (κ3) is 5.66. The zero-order valence-corrected chi connectivity index (χ0v) is 21.7. The smallest absolute Gasteiger partial charge is 0.327 e. The van der Waals surface area contributed by atoms with Crippen molar-refractivity contribution in [2.45, 2.75) is 12.5 Å². The summed E-state index contributed by atoms with van der Waals surface area (Å²) in [5.74, 6) is -0.104. The normalized spacial score (nSPS) is 14.8. The molecule has 4 aromatic rings. The van der Waals surface area contributed by atoms with Crippen molar-refractivity contribution in [1.29, 1.82) is 0 Å². The minimum Gasteiger partial charge on any atom is -0.468 e. The molecule has 37 heavy (non-hydrogen) atoms. The molecule has 2 heterocycles. The molecular formula is C31H30N2O3S. The maximum atomic E-state index is 13.2. The van der Waals surface area contributed by atoms with Gasteiger partial charge in [0.25, 0.3) is 0 Å². The number of hydrogen-bond acceptors (Lipinski definition) is 6. The fraction of sp³-hybridized carbons (Fsp3) is 0.226. The number of ether oxygens (including phenoxy) is 1. The zero-order valence-electron chi connectivity index (χ0n) is 20.9. The molecule has 5 rings (SSSR count). The molecule has 1 saturated heterocycles. The number of benzene rings is 3. The summed E-state index contributed by atoms with van der Waals surface area (Å²) in [7, 11) is 1.45. The number of methoxy groups -OCH3 is 1. The Labute approximate surface area is 221 Å². The number of rotatable bonds is 8. The third-order valence-corrected chi connectivity index (χ3v) is 7.63. The van der Waals surface area contributed by atoms with E-state index >= 15 is 0 Å². The lowest BCUT2D eigenvalue weighted by Crippen LogP contribution is -2.49. The number of thiophene rings is 1. The monoisotopic (exact) mass is 510 g/mol. The van der Waals surface area contributed by atoms with E-state index in [-0.39, 0.29) is 11.8 Å². The van der Waals surface area contributed by atoms with Crippen molar-refractivity contribution in [3.8, 4) is 11.1 Å². The highest BCUT2D eigenvalue weighted by Crippen LogP contribution is 2.28. The molecule has 5 nitrogen and oxygen atoms in total. The van der Waals surface area contributed by atoms with Gasteiger partial charge in [-0.05, 0) is 51.2 Å². The van der Waals surface area contributed by atoms with E-state index in [1.54, 1.807) is 11.3 Å². The Balaban J connectivity index is 1.22. The molecule has 0 aliphatic carbocycles. The van der Waals surface area contributed by atoms with Gasteiger partial charge in [-0.3, -0.25) is 9.69 Å². The molecule has 1 unspecified atom stereocenters. The molecule has 1 aliphatic rings. The van der Waals surface area contributed by atoms with E-state index in [1.807, 2.05) is 72.1 Å². The van der Waals surface area contributed by atoms with Crippen LogP contribution in [0.5, 0.6) is 0 Å². The Kier molecular flexibility index (Phi) is 7.78. The average Bonchev–Trinajstić information content (AvgIpc) is 3.50. The van der Waals surface area contributed by atoms with Gasteiger partial charge in [-0.1, -0.05) is 66.7 Å². The summed E-state index contributed by atoms with van der Waals surface area (Å²) in [5, 5.41) is 4.11. The van der Waals surface area contributed by atoms with Crippen molar-refractivity contribution < 1.29 is 14.3 Å². The third-order valence-electron chi connectivity index (χ3n) is 6.94. The molecule has 1 aliphatic heterocycles. The number of anilines is 1. The van der Waals surface area contributed by atoms with Crippen molar-refractivity contribution in [3.63, 3.8) is 0 Å². The first-order chi connectivity index (χ1) is 18.1. The van der Waals surface area contributed by atoms with Gasteiger partial charge in [-0.2, -0.15) is 11.3 Å². The Morgan fingerprint density at radius 2 is 1.57 bits per heavy atom. The van der Waals surface area contributed by atoms with E-state index in [0.717, 1.165) is 59.7 Å². The lowest BCUT2D eigenvalue weighted by Gasteiger charge is -2.39. The average molecular weight is 511 g/mol. The van der Waals surface area contributed by atoms with Crippen LogP contribution in [0.1, 0.15) is 27.5 Å². The number of ketones is 1. The predicted octanol–water partition coefficient (Wildman–Crippen LogP) is 5.88. The van der Waals surface area contributed by atoms with Crippen molar-refractivity contribution in [1.82, 2.24) is 4.90 Å². The molecule has 0 bridgehead atoms. The van der Waals surface area contributed by atoms with Gasteiger partial charge in [0.1, 0.15) is 6.04 Å². The fourth-order valence-electron chi connectivity index (χ4n) is 4.98. The minimum atomic E-state index is -0.390. The van der Waals surface area contributed by atoms with E-state index in [2.05, 4.69) is 33.4 Å². The van der Waals surface area contributed by atoms with Crippen molar-refractivity contribution in [2.75, 3.05) is 38.2 Å². The molecule has 1 fully saturated rings. The standard InChI is InChI=1S/C31H30N2O3S/c1-36-31(35)30(24-7-3-2-4-8-24)33-18-16-32(17-19-33)26-13-11-23(12-14-26)21-29(34)28-10-6-5-9-27(28)25-15-20-37-22-25/h2-15,20,22,30H,16-19,21H2,1H3. The lowest BCUT2D eigenvalue weighted by molar-refractivity contribution is -0.147. The highest BCUT2D eigenvalue weighted by molar-refractivity contribution is 7.08. The molecule has 1 aromatic heterocycles. The van der Waals surface area contributed by atoms with E-state index in [1.165, 1.54) is 7.11 Å². The summed E-state index contributed by atoms with van der Waals surface area (Å²) >= 11 is 1.63. The molecule has 0 N–H and O–H groups in total. The number of hydrogen-bond donors (Lipinski definition) is 0. The van der Waals surface area contributed by atoms with Crippen LogP contribution in [0, 0.1) is 0 Å². The van der Waals surface area contributed by atoms with Gasteiger partial charge in [0.05, 0.1) is 7.11 Å². The first-order valence-electron chi connectivity index (χ1n) is 12.5. The van der Waals surface area contributed by atoms with Crippen LogP contribution in [0.3, 0.4) is 0 Å². The van der Waals surface area contributed by atoms with Crippen molar-refractivity contribution >= 4 is 28.8 Å². The second-order valence-corrected chi connectivity index (χ2v) is 9.96. The summed E-state index contributed by atoms with van der Waals surface area (Å²) < 4.78 is 5.12. The van der Waals surface area contributed by atoms with E-state index < -0.39 is 6.04 Å². The van der Waals surface area contributed by atoms with Crippen molar-refractivity contribution in [3.05, 3.63) is 112 Å². The van der Waals surface area contributed by atoms with Crippen LogP contribution >= 0.6 is 11.3 Å². The first kappa shape index (κ1) is 24.9. The highest BCUT2D eigenvalue weighted by Gasteiger charge is 2.31. The van der Waals surface area contributed by atoms with E-state index in [0.29, 0.717) is 6.42 Å². The first-order valence-corrected chi connectivity index (χ1v) is 13.4. The molecule has 0 saturated carbocycles. The van der Waals surface area contributed by atoms with Gasteiger partial charge < -0.3 is 9.64 Å². The summed E-state index contributed by atoms with van der Waals surface area (Å²) in [6.45, 7) is 3.14. The van der Waals surface area contributed by atoms with Crippen LogP contribution in [0.25, 0.3) is 11.1 Å². The molecule has 0 amide bonds. The number of Topliss-reactive ketones (excluding diaryl/α,β-unsaturated/α-hetero) is 1. The van der Waals surface area contributed by atoms with Crippen LogP contribution < -0.4 is 4.90 Å². The molecule has 0 radical (unpaired) electrons. The number of esters is 1. The second-order valence-electron chi connectivity index (χ2n) is 9.18. The van der Waals surface area contributed by atoms with Crippen LogP contribution in [0.4, 0.5) is 5.69 Å². The summed E-state index contributed by atoms with van der Waals surface area (Å²) in [5.41, 5.74) is 5.93. The van der Waals surface area contributed by atoms with Gasteiger partial charge in [0.15, 0.2) is 5.78 Å². The Bertz CT molecular complexity index is 1330. The van der Waals surface area contributed by atoms with Crippen LogP contribution in [0.2, 0.25) is 0 Å². The number of nitrogens with zero attached hydrogens (tertiary/aromatic N) is 2. The summed E-state index contributed by atoms with van der Waals surface area (Å²) in [4.78, 5) is 30.3. The van der Waals surface area contributed by atoms with Gasteiger partial charge >= 0.3 is 5.97 Å². The molecular weight excluding hydrogens is 480 g/mol. The van der Waals surface area contributed by atoms with Gasteiger partial charge in [-0.15, -0.1) is 0 Å². The largest absolute Gasteiger partial charge is 0.468 e. The Morgan fingerprint density at radius 1 is 0.865 bits per heavy atom. The maximum absolute atomic E-state index is 13.2. The van der Waals surface area contributed by atoms with Gasteiger partial charge in [0, 0.05) is 43.9 Å². The van der Waals surface area contributed by atoms with Crippen LogP contribution in [0.15, 0.2) is 95.7 Å². The number of piperazine rings is 1. The molecule has 6 heteroatoms. The SMILES string of the molecule is COC(=O)C(c1ccccc1)N1CCN(c2ccc(CC(=O)c3ccccc3-c3ccsc3)cc2)CC1. The van der Waals surface area contributed by atoms with Crippen molar-refractivity contribution in [2.24, 2.45) is 0 Å². The Morgan fingerprint density at radius 3 is 2.24 bits per heavy atom. The molecule has 1 atom stereocenters. The lowest BCUT2D eigenvalue weighted by atomic mass is 9.95. The molecule has 3 aromatic carbocycles. The van der Waals surface area contributed by atoms with Crippen LogP contribution in [-0.4, -0.2) is 49.9 Å².